The van der Waals surface area contributed by atoms with E-state index >= 15 is 0 Å². The lowest BCUT2D eigenvalue weighted by atomic mass is 10.1. The first-order valence-electron chi connectivity index (χ1n) is 8.34. The van der Waals surface area contributed by atoms with Gasteiger partial charge in [0.1, 0.15) is 5.75 Å². The van der Waals surface area contributed by atoms with Crippen LogP contribution in [0.4, 0.5) is 5.69 Å². The van der Waals surface area contributed by atoms with Crippen LogP contribution in [-0.2, 0) is 4.79 Å². The fourth-order valence-corrected chi connectivity index (χ4v) is 3.56. The summed E-state index contributed by atoms with van der Waals surface area (Å²) < 4.78 is 5.61. The van der Waals surface area contributed by atoms with Crippen LogP contribution in [0.15, 0.2) is 60.1 Å². The highest BCUT2D eigenvalue weighted by molar-refractivity contribution is 7.12. The number of aromatic nitrogens is 2. The fourth-order valence-electron chi connectivity index (χ4n) is 2.71. The number of benzene rings is 2. The van der Waals surface area contributed by atoms with Crippen LogP contribution in [0, 0.1) is 0 Å². The van der Waals surface area contributed by atoms with E-state index < -0.39 is 0 Å². The normalized spacial score (nSPS) is 10.8. The van der Waals surface area contributed by atoms with Crippen LogP contribution in [0.1, 0.15) is 15.2 Å². The summed E-state index contributed by atoms with van der Waals surface area (Å²) in [6.45, 7) is -0.240. The lowest BCUT2D eigenvalue weighted by Crippen LogP contribution is -2.20. The molecule has 4 rings (SSSR count). The van der Waals surface area contributed by atoms with E-state index in [0.29, 0.717) is 26.9 Å². The number of hydrogen-bond donors (Lipinski definition) is 2. The van der Waals surface area contributed by atoms with E-state index in [1.807, 2.05) is 17.5 Å². The number of thiophene rings is 1. The van der Waals surface area contributed by atoms with E-state index in [4.69, 9.17) is 16.3 Å². The lowest BCUT2D eigenvalue weighted by Gasteiger charge is -2.11. The SMILES string of the molecule is O=C(COc1ccc(Cl)cc1C(=O)c1cccs1)Nc1ccc2[nH]ncc2c1. The zero-order chi connectivity index (χ0) is 19.5. The Morgan fingerprint density at radius 2 is 2.07 bits per heavy atom. The number of ether oxygens (including phenoxy) is 1. The molecule has 0 saturated carbocycles. The molecule has 0 fully saturated rings. The minimum atomic E-state index is -0.340. The molecule has 4 aromatic rings. The molecule has 6 nitrogen and oxygen atoms in total. The summed E-state index contributed by atoms with van der Waals surface area (Å²) >= 11 is 7.37. The second-order valence-corrected chi connectivity index (χ2v) is 7.34. The molecule has 0 radical (unpaired) electrons. The number of fused-ring (bicyclic) bond motifs is 1. The maximum absolute atomic E-state index is 12.7. The number of anilines is 1. The zero-order valence-electron chi connectivity index (χ0n) is 14.4. The predicted molar refractivity (Wildman–Crippen MR) is 109 cm³/mol. The number of nitrogens with zero attached hydrogens (tertiary/aromatic N) is 1. The number of carbonyl (C=O) groups excluding carboxylic acids is 2. The van der Waals surface area contributed by atoms with Crippen LogP contribution < -0.4 is 10.1 Å². The average Bonchev–Trinajstić information content (AvgIpc) is 3.38. The number of H-pyrrole nitrogens is 1. The van der Waals surface area contributed by atoms with Crippen LogP contribution in [0.5, 0.6) is 5.75 Å². The van der Waals surface area contributed by atoms with Crippen molar-refractivity contribution >= 4 is 51.2 Å². The minimum absolute atomic E-state index is 0.196. The van der Waals surface area contributed by atoms with E-state index in [0.717, 1.165) is 10.9 Å². The van der Waals surface area contributed by atoms with Crippen molar-refractivity contribution in [3.63, 3.8) is 0 Å². The molecule has 0 atom stereocenters. The van der Waals surface area contributed by atoms with Crippen molar-refractivity contribution in [1.82, 2.24) is 10.2 Å². The van der Waals surface area contributed by atoms with Gasteiger partial charge in [0.15, 0.2) is 6.61 Å². The largest absolute Gasteiger partial charge is 0.483 e. The molecule has 0 bridgehead atoms. The molecule has 2 heterocycles. The van der Waals surface area contributed by atoms with Crippen LogP contribution in [0.2, 0.25) is 5.02 Å². The monoisotopic (exact) mass is 411 g/mol. The summed E-state index contributed by atoms with van der Waals surface area (Å²) in [4.78, 5) is 25.5. The third-order valence-corrected chi connectivity index (χ3v) is 5.12. The summed E-state index contributed by atoms with van der Waals surface area (Å²) in [5, 5.41) is 12.7. The van der Waals surface area contributed by atoms with Gasteiger partial charge in [-0.25, -0.2) is 0 Å². The highest BCUT2D eigenvalue weighted by atomic mass is 35.5. The molecule has 8 heteroatoms. The molecule has 0 unspecified atom stereocenters. The van der Waals surface area contributed by atoms with Gasteiger partial charge in [0, 0.05) is 16.1 Å². The number of halogens is 1. The first-order valence-corrected chi connectivity index (χ1v) is 9.59. The Balaban J connectivity index is 1.46. The molecule has 0 aliphatic heterocycles. The number of aromatic amines is 1. The maximum Gasteiger partial charge on any atom is 0.262 e. The van der Waals surface area contributed by atoms with E-state index in [1.165, 1.54) is 11.3 Å². The molecule has 0 aliphatic rings. The van der Waals surface area contributed by atoms with E-state index in [-0.39, 0.29) is 18.3 Å². The van der Waals surface area contributed by atoms with Crippen molar-refractivity contribution in [3.05, 3.63) is 75.6 Å². The molecule has 1 amide bonds. The molecule has 0 aliphatic carbocycles. The van der Waals surface area contributed by atoms with Crippen LogP contribution in [0.3, 0.4) is 0 Å². The van der Waals surface area contributed by atoms with Gasteiger partial charge in [-0.3, -0.25) is 14.7 Å². The number of ketones is 1. The quantitative estimate of drug-likeness (QED) is 0.457. The average molecular weight is 412 g/mol. The highest BCUT2D eigenvalue weighted by Crippen LogP contribution is 2.27. The summed E-state index contributed by atoms with van der Waals surface area (Å²) in [6.07, 6.45) is 1.68. The topological polar surface area (TPSA) is 84.1 Å². The summed E-state index contributed by atoms with van der Waals surface area (Å²) in [5.41, 5.74) is 1.84. The van der Waals surface area contributed by atoms with Gasteiger partial charge in [-0.2, -0.15) is 5.10 Å². The smallest absolute Gasteiger partial charge is 0.262 e. The van der Waals surface area contributed by atoms with Gasteiger partial charge in [0.2, 0.25) is 5.78 Å². The van der Waals surface area contributed by atoms with Crippen LogP contribution in [0.25, 0.3) is 10.9 Å². The Morgan fingerprint density at radius 1 is 1.18 bits per heavy atom. The molecular weight excluding hydrogens is 398 g/mol. The van der Waals surface area contributed by atoms with Gasteiger partial charge in [0.05, 0.1) is 22.2 Å². The summed E-state index contributed by atoms with van der Waals surface area (Å²) in [7, 11) is 0. The lowest BCUT2D eigenvalue weighted by molar-refractivity contribution is -0.118. The predicted octanol–water partition coefficient (Wildman–Crippen LogP) is 4.53. The van der Waals surface area contributed by atoms with Crippen molar-refractivity contribution < 1.29 is 14.3 Å². The molecular formula is C20H14ClN3O3S. The van der Waals surface area contributed by atoms with Crippen LogP contribution >= 0.6 is 22.9 Å². The van der Waals surface area contributed by atoms with Crippen molar-refractivity contribution in [1.29, 1.82) is 0 Å². The van der Waals surface area contributed by atoms with Gasteiger partial charge in [0.25, 0.3) is 5.91 Å². The van der Waals surface area contributed by atoms with Gasteiger partial charge in [-0.15, -0.1) is 11.3 Å². The van der Waals surface area contributed by atoms with Crippen molar-refractivity contribution in [2.45, 2.75) is 0 Å². The van der Waals surface area contributed by atoms with Gasteiger partial charge >= 0.3 is 0 Å². The molecule has 2 N–H and O–H groups in total. The highest BCUT2D eigenvalue weighted by Gasteiger charge is 2.17. The number of hydrogen-bond acceptors (Lipinski definition) is 5. The Morgan fingerprint density at radius 3 is 2.89 bits per heavy atom. The van der Waals surface area contributed by atoms with Crippen molar-refractivity contribution in [2.24, 2.45) is 0 Å². The first-order chi connectivity index (χ1) is 13.6. The Bertz CT molecular complexity index is 1150. The third-order valence-electron chi connectivity index (χ3n) is 4.01. The van der Waals surface area contributed by atoms with Gasteiger partial charge in [-0.05, 0) is 47.8 Å². The van der Waals surface area contributed by atoms with Crippen LogP contribution in [-0.4, -0.2) is 28.5 Å². The van der Waals surface area contributed by atoms with E-state index in [2.05, 4.69) is 15.5 Å². The molecule has 140 valence electrons. The second-order valence-electron chi connectivity index (χ2n) is 5.96. The van der Waals surface area contributed by atoms with E-state index in [9.17, 15) is 9.59 Å². The Kier molecular flexibility index (Phi) is 5.10. The van der Waals surface area contributed by atoms with Crippen molar-refractivity contribution in [3.8, 4) is 5.75 Å². The van der Waals surface area contributed by atoms with Gasteiger partial charge in [-0.1, -0.05) is 17.7 Å². The fraction of sp³-hybridized carbons (Fsp3) is 0.0500. The van der Waals surface area contributed by atoms with Crippen molar-refractivity contribution in [2.75, 3.05) is 11.9 Å². The Labute approximate surface area is 169 Å². The number of amides is 1. The zero-order valence-corrected chi connectivity index (χ0v) is 16.0. The minimum Gasteiger partial charge on any atom is -0.483 e. The first kappa shape index (κ1) is 18.2. The molecule has 0 saturated heterocycles. The number of rotatable bonds is 6. The van der Waals surface area contributed by atoms with E-state index in [1.54, 1.807) is 42.6 Å². The van der Waals surface area contributed by atoms with Gasteiger partial charge < -0.3 is 10.1 Å². The molecule has 0 spiro atoms. The third kappa shape index (κ3) is 3.90. The number of carbonyl (C=O) groups is 2. The second kappa shape index (κ2) is 7.84. The Hall–Kier alpha value is -3.16. The summed E-state index contributed by atoms with van der Waals surface area (Å²) in [6, 6.07) is 13.7. The number of nitrogens with one attached hydrogen (secondary N) is 2. The molecule has 28 heavy (non-hydrogen) atoms. The maximum atomic E-state index is 12.7. The molecule has 2 aromatic heterocycles. The molecule has 2 aromatic carbocycles. The summed E-state index contributed by atoms with van der Waals surface area (Å²) in [5.74, 6) is -0.228. The standard InChI is InChI=1S/C20H14ClN3O3S/c21-13-3-6-17(15(9-13)20(26)18-2-1-7-28-18)27-11-19(25)23-14-4-5-16-12(8-14)10-22-24-16/h1-10H,11H2,(H,22,24)(H,23,25).